The molecule has 0 aliphatic carbocycles. The summed E-state index contributed by atoms with van der Waals surface area (Å²) >= 11 is 18.4. The van der Waals surface area contributed by atoms with Crippen LogP contribution in [-0.4, -0.2) is 11.6 Å². The summed E-state index contributed by atoms with van der Waals surface area (Å²) < 4.78 is 5.40. The van der Waals surface area contributed by atoms with E-state index in [-0.39, 0.29) is 0 Å². The molecular formula is C12H9Cl3N2O. The first-order valence-electron chi connectivity index (χ1n) is 5.41. The van der Waals surface area contributed by atoms with Gasteiger partial charge < -0.3 is 10.5 Å². The van der Waals surface area contributed by atoms with Crippen molar-refractivity contribution >= 4 is 51.4 Å². The van der Waals surface area contributed by atoms with Crippen LogP contribution < -0.4 is 5.73 Å². The summed E-state index contributed by atoms with van der Waals surface area (Å²) in [6.07, 6.45) is 0.728. The molecule has 94 valence electrons. The van der Waals surface area contributed by atoms with E-state index in [1.54, 1.807) is 6.07 Å². The van der Waals surface area contributed by atoms with Gasteiger partial charge in [0.15, 0.2) is 0 Å². The average Bonchev–Trinajstić information content (AvgIpc) is 2.36. The maximum Gasteiger partial charge on any atom is 0.0928 e. The molecule has 0 saturated heterocycles. The number of halogens is 3. The zero-order chi connectivity index (χ0) is 12.9. The number of hydrogen-bond acceptors (Lipinski definition) is 3. The highest BCUT2D eigenvalue weighted by Gasteiger charge is 2.21. The molecule has 1 aromatic carbocycles. The van der Waals surface area contributed by atoms with Gasteiger partial charge in [-0.25, -0.2) is 0 Å². The molecule has 18 heavy (non-hydrogen) atoms. The third kappa shape index (κ3) is 1.74. The van der Waals surface area contributed by atoms with E-state index in [0.717, 1.165) is 17.7 Å². The third-order valence-electron chi connectivity index (χ3n) is 3.06. The summed E-state index contributed by atoms with van der Waals surface area (Å²) in [6.45, 7) is 1.09. The standard InChI is InChI=1S/C12H9Cl3N2O/c13-6-3-7(14)12-9(10(6)15)11(16)5-4-18-2-1-8(5)17-12/h3H,1-2,4H2,(H2,16,17). The second-order valence-corrected chi connectivity index (χ2v) is 5.32. The van der Waals surface area contributed by atoms with Crippen molar-refractivity contribution in [1.29, 1.82) is 0 Å². The van der Waals surface area contributed by atoms with E-state index >= 15 is 0 Å². The molecule has 1 aliphatic heterocycles. The first-order valence-corrected chi connectivity index (χ1v) is 6.55. The van der Waals surface area contributed by atoms with Crippen molar-refractivity contribution in [2.24, 2.45) is 0 Å². The predicted octanol–water partition coefficient (Wildman–Crippen LogP) is 3.85. The molecule has 0 amide bonds. The van der Waals surface area contributed by atoms with Crippen LogP contribution in [-0.2, 0) is 17.8 Å². The van der Waals surface area contributed by atoms with Crippen LogP contribution in [0.25, 0.3) is 10.9 Å². The number of nitrogens with two attached hydrogens (primary N) is 1. The minimum Gasteiger partial charge on any atom is -0.398 e. The Bertz CT molecular complexity index is 658. The third-order valence-corrected chi connectivity index (χ3v) is 4.14. The molecule has 6 heteroatoms. The topological polar surface area (TPSA) is 48.1 Å². The molecule has 3 rings (SSSR count). The lowest BCUT2D eigenvalue weighted by atomic mass is 10.0. The number of ether oxygens (including phenoxy) is 1. The van der Waals surface area contributed by atoms with Crippen molar-refractivity contribution < 1.29 is 4.74 Å². The normalized spacial score (nSPS) is 14.8. The highest BCUT2D eigenvalue weighted by molar-refractivity contribution is 6.48. The van der Waals surface area contributed by atoms with Crippen LogP contribution in [0.4, 0.5) is 5.69 Å². The Labute approximate surface area is 119 Å². The zero-order valence-corrected chi connectivity index (χ0v) is 11.5. The summed E-state index contributed by atoms with van der Waals surface area (Å²) in [5.74, 6) is 0. The predicted molar refractivity (Wildman–Crippen MR) is 74.5 cm³/mol. The number of nitrogen functional groups attached to an aromatic ring is 1. The number of hydrogen-bond donors (Lipinski definition) is 1. The molecule has 0 spiro atoms. The molecule has 0 unspecified atom stereocenters. The fourth-order valence-corrected chi connectivity index (χ4v) is 2.91. The monoisotopic (exact) mass is 302 g/mol. The summed E-state index contributed by atoms with van der Waals surface area (Å²) in [4.78, 5) is 4.54. The number of fused-ring (bicyclic) bond motifs is 2. The van der Waals surface area contributed by atoms with Crippen LogP contribution in [0.3, 0.4) is 0 Å². The van der Waals surface area contributed by atoms with Crippen molar-refractivity contribution in [3.05, 3.63) is 32.4 Å². The van der Waals surface area contributed by atoms with Gasteiger partial charge in [0.25, 0.3) is 0 Å². The van der Waals surface area contributed by atoms with E-state index in [0.29, 0.717) is 44.9 Å². The van der Waals surface area contributed by atoms with Gasteiger partial charge in [0.05, 0.1) is 39.5 Å². The average molecular weight is 304 g/mol. The van der Waals surface area contributed by atoms with Gasteiger partial charge in [-0.15, -0.1) is 0 Å². The highest BCUT2D eigenvalue weighted by Crippen LogP contribution is 2.40. The molecule has 0 saturated carbocycles. The van der Waals surface area contributed by atoms with Crippen molar-refractivity contribution in [1.82, 2.24) is 4.98 Å². The number of pyridine rings is 1. The Hall–Kier alpha value is -0.740. The Balaban J connectivity index is 2.46. The second kappa shape index (κ2) is 4.42. The van der Waals surface area contributed by atoms with Crippen LogP contribution in [0.15, 0.2) is 6.07 Å². The Morgan fingerprint density at radius 1 is 1.22 bits per heavy atom. The van der Waals surface area contributed by atoms with Gasteiger partial charge in [-0.3, -0.25) is 4.98 Å². The molecule has 1 aromatic heterocycles. The summed E-state index contributed by atoms with van der Waals surface area (Å²) in [6, 6.07) is 1.59. The molecule has 0 radical (unpaired) electrons. The van der Waals surface area contributed by atoms with Gasteiger partial charge in [0.2, 0.25) is 0 Å². The van der Waals surface area contributed by atoms with Crippen molar-refractivity contribution in [3.63, 3.8) is 0 Å². The smallest absolute Gasteiger partial charge is 0.0928 e. The van der Waals surface area contributed by atoms with Gasteiger partial charge in [0, 0.05) is 23.1 Å². The van der Waals surface area contributed by atoms with Gasteiger partial charge in [-0.2, -0.15) is 0 Å². The molecule has 3 nitrogen and oxygen atoms in total. The van der Waals surface area contributed by atoms with Gasteiger partial charge in [0.1, 0.15) is 0 Å². The minimum absolute atomic E-state index is 0.374. The van der Waals surface area contributed by atoms with E-state index in [1.807, 2.05) is 0 Å². The molecule has 0 atom stereocenters. The van der Waals surface area contributed by atoms with E-state index in [9.17, 15) is 0 Å². The molecule has 2 N–H and O–H groups in total. The summed E-state index contributed by atoms with van der Waals surface area (Å²) in [7, 11) is 0. The van der Waals surface area contributed by atoms with Gasteiger partial charge in [-0.05, 0) is 6.07 Å². The lowest BCUT2D eigenvalue weighted by Gasteiger charge is -2.20. The first-order chi connectivity index (χ1) is 8.59. The number of anilines is 1. The van der Waals surface area contributed by atoms with Crippen LogP contribution in [0.2, 0.25) is 15.1 Å². The van der Waals surface area contributed by atoms with Crippen molar-refractivity contribution in [3.8, 4) is 0 Å². The van der Waals surface area contributed by atoms with E-state index in [4.69, 9.17) is 45.3 Å². The van der Waals surface area contributed by atoms with Crippen molar-refractivity contribution in [2.75, 3.05) is 12.3 Å². The maximum atomic E-state index is 6.19. The number of benzene rings is 1. The summed E-state index contributed by atoms with van der Waals surface area (Å²) in [5.41, 5.74) is 9.12. The lowest BCUT2D eigenvalue weighted by Crippen LogP contribution is -2.14. The minimum atomic E-state index is 0.374. The van der Waals surface area contributed by atoms with Gasteiger partial charge >= 0.3 is 0 Å². The van der Waals surface area contributed by atoms with Crippen LogP contribution in [0.5, 0.6) is 0 Å². The Kier molecular flexibility index (Phi) is 3.02. The van der Waals surface area contributed by atoms with Crippen LogP contribution >= 0.6 is 34.8 Å². The molecular weight excluding hydrogens is 295 g/mol. The quantitative estimate of drug-likeness (QED) is 0.752. The molecule has 0 bridgehead atoms. The lowest BCUT2D eigenvalue weighted by molar-refractivity contribution is 0.110. The molecule has 2 heterocycles. The van der Waals surface area contributed by atoms with Crippen LogP contribution in [0.1, 0.15) is 11.3 Å². The SMILES string of the molecule is Nc1c2c(nc3c(Cl)cc(Cl)c(Cl)c13)CCOC2. The molecule has 0 fully saturated rings. The fourth-order valence-electron chi connectivity index (χ4n) is 2.16. The van der Waals surface area contributed by atoms with E-state index in [1.165, 1.54) is 0 Å². The maximum absolute atomic E-state index is 6.19. The molecule has 2 aromatic rings. The highest BCUT2D eigenvalue weighted by atomic mass is 35.5. The van der Waals surface area contributed by atoms with Gasteiger partial charge in [-0.1, -0.05) is 34.8 Å². The van der Waals surface area contributed by atoms with Crippen molar-refractivity contribution in [2.45, 2.75) is 13.0 Å². The summed E-state index contributed by atoms with van der Waals surface area (Å²) in [5, 5.41) is 1.83. The Morgan fingerprint density at radius 2 is 2.00 bits per heavy atom. The number of rotatable bonds is 0. The number of nitrogens with zero attached hydrogens (tertiary/aromatic N) is 1. The second-order valence-electron chi connectivity index (χ2n) is 4.13. The molecule has 1 aliphatic rings. The Morgan fingerprint density at radius 3 is 2.78 bits per heavy atom. The fraction of sp³-hybridized carbons (Fsp3) is 0.250. The van der Waals surface area contributed by atoms with E-state index < -0.39 is 0 Å². The van der Waals surface area contributed by atoms with E-state index in [2.05, 4.69) is 4.98 Å². The van der Waals surface area contributed by atoms with Crippen LogP contribution in [0, 0.1) is 0 Å². The first kappa shape index (κ1) is 12.3. The zero-order valence-electron chi connectivity index (χ0n) is 9.27. The largest absolute Gasteiger partial charge is 0.398 e. The number of aromatic nitrogens is 1.